The van der Waals surface area contributed by atoms with Gasteiger partial charge in [-0.15, -0.1) is 11.3 Å². The van der Waals surface area contributed by atoms with Gasteiger partial charge in [0.25, 0.3) is 11.2 Å². The second-order valence-electron chi connectivity index (χ2n) is 5.06. The van der Waals surface area contributed by atoms with Gasteiger partial charge < -0.3 is 9.88 Å². The zero-order valence-corrected chi connectivity index (χ0v) is 13.3. The highest BCUT2D eigenvalue weighted by Gasteiger charge is 2.20. The summed E-state index contributed by atoms with van der Waals surface area (Å²) in [5.74, 6) is 0. The number of nitro groups is 1. The third-order valence-corrected chi connectivity index (χ3v) is 4.23. The average Bonchev–Trinajstić information content (AvgIpc) is 2.91. The lowest BCUT2D eigenvalue weighted by Gasteiger charge is -2.18. The molecule has 2 heterocycles. The second kappa shape index (κ2) is 5.76. The van der Waals surface area contributed by atoms with Crippen LogP contribution in [0.15, 0.2) is 28.6 Å². The highest BCUT2D eigenvalue weighted by atomic mass is 32.1. The van der Waals surface area contributed by atoms with Crippen molar-refractivity contribution in [3.63, 3.8) is 0 Å². The number of nitrogens with one attached hydrogen (secondary N) is 1. The van der Waals surface area contributed by atoms with Gasteiger partial charge in [-0.25, -0.2) is 9.97 Å². The molecule has 3 rings (SSSR count). The number of aromatic amines is 1. The minimum absolute atomic E-state index is 0.134. The fraction of sp³-hybridized carbons (Fsp3) is 0.214. The molecule has 1 aromatic carbocycles. The first kappa shape index (κ1) is 15.1. The van der Waals surface area contributed by atoms with Crippen LogP contribution in [0.5, 0.6) is 0 Å². The largest absolute Gasteiger partial charge is 0.363 e. The van der Waals surface area contributed by atoms with E-state index in [1.54, 1.807) is 18.0 Å². The second-order valence-corrected chi connectivity index (χ2v) is 6.12. The van der Waals surface area contributed by atoms with Crippen LogP contribution in [0.1, 0.15) is 10.7 Å². The highest BCUT2D eigenvalue weighted by molar-refractivity contribution is 7.09. The van der Waals surface area contributed by atoms with Gasteiger partial charge in [0, 0.05) is 18.5 Å². The highest BCUT2D eigenvalue weighted by Crippen LogP contribution is 2.31. The van der Waals surface area contributed by atoms with Gasteiger partial charge in [0.15, 0.2) is 0 Å². The summed E-state index contributed by atoms with van der Waals surface area (Å²) in [4.78, 5) is 35.3. The fourth-order valence-corrected chi connectivity index (χ4v) is 2.96. The number of H-pyrrole nitrogens is 1. The molecule has 0 spiro atoms. The molecule has 0 aliphatic heterocycles. The van der Waals surface area contributed by atoms with Gasteiger partial charge >= 0.3 is 0 Å². The van der Waals surface area contributed by atoms with E-state index in [4.69, 9.17) is 0 Å². The summed E-state index contributed by atoms with van der Waals surface area (Å²) in [6, 6.07) is 2.82. The van der Waals surface area contributed by atoms with Crippen molar-refractivity contribution in [3.8, 4) is 0 Å². The third-order valence-electron chi connectivity index (χ3n) is 3.41. The predicted octanol–water partition coefficient (Wildman–Crippen LogP) is 2.23. The predicted molar refractivity (Wildman–Crippen MR) is 88.0 cm³/mol. The molecule has 8 nitrogen and oxygen atoms in total. The number of benzene rings is 1. The van der Waals surface area contributed by atoms with Crippen LogP contribution in [0.25, 0.3) is 10.9 Å². The molecule has 0 unspecified atom stereocenters. The number of nitrogens with zero attached hydrogens (tertiary/aromatic N) is 4. The molecule has 0 aliphatic carbocycles. The van der Waals surface area contributed by atoms with Gasteiger partial charge in [-0.2, -0.15) is 0 Å². The van der Waals surface area contributed by atoms with Crippen LogP contribution in [-0.4, -0.2) is 26.9 Å². The molecule has 0 bridgehead atoms. The van der Waals surface area contributed by atoms with Crippen molar-refractivity contribution in [2.24, 2.45) is 0 Å². The third kappa shape index (κ3) is 2.90. The lowest BCUT2D eigenvalue weighted by atomic mass is 10.1. The maximum Gasteiger partial charge on any atom is 0.293 e. The zero-order chi connectivity index (χ0) is 16.6. The Morgan fingerprint density at radius 2 is 2.22 bits per heavy atom. The Kier molecular flexibility index (Phi) is 3.78. The van der Waals surface area contributed by atoms with Crippen LogP contribution < -0.4 is 10.5 Å². The number of nitro benzene ring substituents is 1. The summed E-state index contributed by atoms with van der Waals surface area (Å²) in [7, 11) is 1.75. The van der Waals surface area contributed by atoms with E-state index >= 15 is 0 Å². The molecule has 0 radical (unpaired) electrons. The van der Waals surface area contributed by atoms with Gasteiger partial charge in [-0.1, -0.05) is 0 Å². The molecule has 1 N–H and O–H groups in total. The Balaban J connectivity index is 2.09. The number of rotatable bonds is 4. The van der Waals surface area contributed by atoms with Gasteiger partial charge in [0.1, 0.15) is 5.69 Å². The van der Waals surface area contributed by atoms with Crippen molar-refractivity contribution < 1.29 is 4.92 Å². The summed E-state index contributed by atoms with van der Waals surface area (Å²) < 4.78 is 0. The number of aromatic nitrogens is 3. The van der Waals surface area contributed by atoms with Crippen LogP contribution in [-0.2, 0) is 6.54 Å². The molecule has 2 aromatic heterocycles. The lowest BCUT2D eigenvalue weighted by molar-refractivity contribution is -0.384. The normalized spacial score (nSPS) is 10.9. The number of aryl methyl sites for hydroxylation is 1. The topological polar surface area (TPSA) is 105 Å². The maximum atomic E-state index is 11.8. The number of fused-ring (bicyclic) bond motifs is 1. The van der Waals surface area contributed by atoms with Crippen LogP contribution in [0.4, 0.5) is 11.4 Å². The summed E-state index contributed by atoms with van der Waals surface area (Å²) in [5, 5.41) is 14.4. The smallest absolute Gasteiger partial charge is 0.293 e. The van der Waals surface area contributed by atoms with E-state index in [0.29, 0.717) is 17.7 Å². The summed E-state index contributed by atoms with van der Waals surface area (Å²) >= 11 is 1.53. The van der Waals surface area contributed by atoms with Crippen LogP contribution >= 0.6 is 11.3 Å². The molecule has 0 saturated carbocycles. The van der Waals surface area contributed by atoms with Crippen LogP contribution in [0.3, 0.4) is 0 Å². The molecule has 0 amide bonds. The SMILES string of the molecule is Cc1nc(CN(C)c2cc3nc[nH]c(=O)c3cc2[N+](=O)[O-])cs1. The molecule has 0 aliphatic rings. The van der Waals surface area contributed by atoms with E-state index in [1.807, 2.05) is 12.3 Å². The summed E-state index contributed by atoms with van der Waals surface area (Å²) in [6.07, 6.45) is 1.28. The Morgan fingerprint density at radius 3 is 2.87 bits per heavy atom. The number of thiazole rings is 1. The minimum atomic E-state index is -0.496. The molecular weight excluding hydrogens is 318 g/mol. The molecular formula is C14H13N5O3S. The van der Waals surface area contributed by atoms with E-state index < -0.39 is 10.5 Å². The van der Waals surface area contributed by atoms with Crippen molar-refractivity contribution in [1.82, 2.24) is 15.0 Å². The maximum absolute atomic E-state index is 11.8. The molecule has 0 atom stereocenters. The van der Waals surface area contributed by atoms with Crippen molar-refractivity contribution in [2.75, 3.05) is 11.9 Å². The average molecular weight is 331 g/mol. The quantitative estimate of drug-likeness (QED) is 0.580. The molecule has 23 heavy (non-hydrogen) atoms. The van der Waals surface area contributed by atoms with Crippen molar-refractivity contribution >= 4 is 33.6 Å². The molecule has 3 aromatic rings. The Morgan fingerprint density at radius 1 is 1.43 bits per heavy atom. The van der Waals surface area contributed by atoms with Gasteiger partial charge in [-0.3, -0.25) is 14.9 Å². The van der Waals surface area contributed by atoms with Gasteiger partial charge in [-0.05, 0) is 13.0 Å². The Hall–Kier alpha value is -2.81. The van der Waals surface area contributed by atoms with Crippen LogP contribution in [0, 0.1) is 17.0 Å². The van der Waals surface area contributed by atoms with Crippen molar-refractivity contribution in [2.45, 2.75) is 13.5 Å². The standard InChI is InChI=1S/C14H13N5O3S/c1-8-17-9(6-23-8)5-18(2)12-4-11-10(3-13(12)19(21)22)14(20)16-7-15-11/h3-4,6-7H,5H2,1-2H3,(H,15,16,20). The monoisotopic (exact) mass is 331 g/mol. The first-order valence-corrected chi connectivity index (χ1v) is 7.61. The van der Waals surface area contributed by atoms with E-state index in [0.717, 1.165) is 10.7 Å². The fourth-order valence-electron chi connectivity index (χ4n) is 2.35. The van der Waals surface area contributed by atoms with E-state index in [9.17, 15) is 14.9 Å². The number of hydrogen-bond acceptors (Lipinski definition) is 7. The van der Waals surface area contributed by atoms with Gasteiger partial charge in [0.05, 0.1) is 39.4 Å². The van der Waals surface area contributed by atoms with Crippen LogP contribution in [0.2, 0.25) is 0 Å². The molecule has 118 valence electrons. The minimum Gasteiger partial charge on any atom is -0.363 e. The molecule has 0 fully saturated rings. The van der Waals surface area contributed by atoms with Gasteiger partial charge in [0.2, 0.25) is 0 Å². The first-order valence-electron chi connectivity index (χ1n) is 6.73. The van der Waals surface area contributed by atoms with E-state index in [-0.39, 0.29) is 11.1 Å². The Labute approximate surface area is 134 Å². The Bertz CT molecular complexity index is 949. The molecule has 9 heteroatoms. The van der Waals surface area contributed by atoms with E-state index in [2.05, 4.69) is 15.0 Å². The number of hydrogen-bond donors (Lipinski definition) is 1. The first-order chi connectivity index (χ1) is 11.0. The van der Waals surface area contributed by atoms with Crippen molar-refractivity contribution in [3.05, 3.63) is 55.0 Å². The summed E-state index contributed by atoms with van der Waals surface area (Å²) in [6.45, 7) is 2.34. The zero-order valence-electron chi connectivity index (χ0n) is 12.4. The number of anilines is 1. The summed E-state index contributed by atoms with van der Waals surface area (Å²) in [5.41, 5.74) is 1.11. The van der Waals surface area contributed by atoms with Crippen molar-refractivity contribution in [1.29, 1.82) is 0 Å². The molecule has 0 saturated heterocycles. The van der Waals surface area contributed by atoms with E-state index in [1.165, 1.54) is 23.7 Å². The lowest BCUT2D eigenvalue weighted by Crippen LogP contribution is -2.18.